The van der Waals surface area contributed by atoms with Crippen molar-refractivity contribution in [3.05, 3.63) is 23.3 Å². The van der Waals surface area contributed by atoms with E-state index in [1.54, 1.807) is 0 Å². The molecule has 1 aromatic rings. The molecule has 0 aromatic heterocycles. The van der Waals surface area contributed by atoms with E-state index >= 15 is 0 Å². The van der Waals surface area contributed by atoms with Crippen molar-refractivity contribution in [3.8, 4) is 11.5 Å². The third kappa shape index (κ3) is 3.67. The predicted octanol–water partition coefficient (Wildman–Crippen LogP) is 2.37. The highest BCUT2D eigenvalue weighted by molar-refractivity contribution is 5.80. The smallest absolute Gasteiger partial charge is 0.236 e. The average Bonchev–Trinajstić information content (AvgIpc) is 3.25. The molecule has 0 radical (unpaired) electrons. The highest BCUT2D eigenvalue weighted by atomic mass is 16.6. The fourth-order valence-corrected chi connectivity index (χ4v) is 6.08. The molecular weight excluding hydrogens is 394 g/mol. The van der Waals surface area contributed by atoms with Crippen LogP contribution in [-0.2, 0) is 15.0 Å². The molecule has 3 heterocycles. The van der Waals surface area contributed by atoms with E-state index in [2.05, 4.69) is 24.0 Å². The SMILES string of the molecule is C[C@@H]1c2cc3c(cc2C2(CCCC2)CN1CC(=O)N1CCC(C(N)=O)CC1)OCCO3. The highest BCUT2D eigenvalue weighted by Crippen LogP contribution is 2.51. The van der Waals surface area contributed by atoms with Gasteiger partial charge in [0.1, 0.15) is 13.2 Å². The molecule has 4 aliphatic rings. The Morgan fingerprint density at radius 3 is 2.39 bits per heavy atom. The van der Waals surface area contributed by atoms with Gasteiger partial charge in [-0.25, -0.2) is 0 Å². The van der Waals surface area contributed by atoms with Crippen LogP contribution in [0.3, 0.4) is 0 Å². The number of hydrogen-bond donors (Lipinski definition) is 1. The first-order valence-corrected chi connectivity index (χ1v) is 11.7. The molecule has 168 valence electrons. The summed E-state index contributed by atoms with van der Waals surface area (Å²) in [5.74, 6) is 1.51. The Kier molecular flexibility index (Phi) is 5.32. The van der Waals surface area contributed by atoms with E-state index < -0.39 is 0 Å². The van der Waals surface area contributed by atoms with E-state index in [-0.39, 0.29) is 29.2 Å². The van der Waals surface area contributed by atoms with Gasteiger partial charge in [0, 0.05) is 37.0 Å². The van der Waals surface area contributed by atoms with Gasteiger partial charge in [0.25, 0.3) is 0 Å². The highest BCUT2D eigenvalue weighted by Gasteiger charge is 2.45. The molecule has 1 atom stereocenters. The number of amides is 2. The second-order valence-electron chi connectivity index (χ2n) is 9.71. The first-order chi connectivity index (χ1) is 15.0. The van der Waals surface area contributed by atoms with Crippen LogP contribution in [0.15, 0.2) is 12.1 Å². The molecule has 1 saturated heterocycles. The van der Waals surface area contributed by atoms with Crippen molar-refractivity contribution in [2.75, 3.05) is 39.4 Å². The van der Waals surface area contributed by atoms with Gasteiger partial charge in [-0.3, -0.25) is 14.5 Å². The maximum Gasteiger partial charge on any atom is 0.236 e. The zero-order chi connectivity index (χ0) is 21.6. The Hall–Kier alpha value is -2.28. The molecule has 7 heteroatoms. The Bertz CT molecular complexity index is 872. The molecular formula is C24H33N3O4. The topological polar surface area (TPSA) is 85.1 Å². The largest absolute Gasteiger partial charge is 0.486 e. The van der Waals surface area contributed by atoms with Crippen molar-refractivity contribution in [3.63, 3.8) is 0 Å². The molecule has 1 spiro atoms. The van der Waals surface area contributed by atoms with E-state index in [1.165, 1.54) is 24.0 Å². The van der Waals surface area contributed by atoms with Gasteiger partial charge in [0.2, 0.25) is 11.8 Å². The molecule has 3 aliphatic heterocycles. The molecule has 2 fully saturated rings. The predicted molar refractivity (Wildman–Crippen MR) is 116 cm³/mol. The summed E-state index contributed by atoms with van der Waals surface area (Å²) in [7, 11) is 0. The monoisotopic (exact) mass is 427 g/mol. The van der Waals surface area contributed by atoms with E-state index in [4.69, 9.17) is 15.2 Å². The zero-order valence-electron chi connectivity index (χ0n) is 18.4. The second-order valence-corrected chi connectivity index (χ2v) is 9.71. The molecule has 1 aromatic carbocycles. The standard InChI is InChI=1S/C24H33N3O4/c1-16-18-12-20-21(31-11-10-30-20)13-19(18)24(6-2-3-7-24)15-27(16)14-22(28)26-8-4-17(5-9-26)23(25)29/h12-13,16-17H,2-11,14-15H2,1H3,(H2,25,29)/t16-/m1/s1. The summed E-state index contributed by atoms with van der Waals surface area (Å²) in [4.78, 5) is 28.9. The van der Waals surface area contributed by atoms with Gasteiger partial charge in [-0.2, -0.15) is 0 Å². The summed E-state index contributed by atoms with van der Waals surface area (Å²) in [5.41, 5.74) is 8.21. The molecule has 5 rings (SSSR count). The van der Waals surface area contributed by atoms with E-state index in [0.29, 0.717) is 45.7 Å². The number of fused-ring (bicyclic) bond motifs is 3. The van der Waals surface area contributed by atoms with Crippen LogP contribution in [0.25, 0.3) is 0 Å². The van der Waals surface area contributed by atoms with Crippen LogP contribution >= 0.6 is 0 Å². The molecule has 0 unspecified atom stereocenters. The lowest BCUT2D eigenvalue weighted by molar-refractivity contribution is -0.136. The molecule has 31 heavy (non-hydrogen) atoms. The van der Waals surface area contributed by atoms with Gasteiger partial charge >= 0.3 is 0 Å². The maximum absolute atomic E-state index is 13.2. The number of nitrogens with zero attached hydrogens (tertiary/aromatic N) is 2. The Morgan fingerprint density at radius 1 is 1.10 bits per heavy atom. The van der Waals surface area contributed by atoms with Crippen LogP contribution in [0.2, 0.25) is 0 Å². The fourth-order valence-electron chi connectivity index (χ4n) is 6.08. The summed E-state index contributed by atoms with van der Waals surface area (Å²) in [6.07, 6.45) is 6.11. The van der Waals surface area contributed by atoms with Crippen LogP contribution in [0.4, 0.5) is 0 Å². The van der Waals surface area contributed by atoms with Gasteiger partial charge in [0.05, 0.1) is 6.54 Å². The number of rotatable bonds is 3. The van der Waals surface area contributed by atoms with Crippen molar-refractivity contribution >= 4 is 11.8 Å². The van der Waals surface area contributed by atoms with Crippen molar-refractivity contribution in [1.82, 2.24) is 9.80 Å². The minimum Gasteiger partial charge on any atom is -0.486 e. The Labute approximate surface area is 183 Å². The van der Waals surface area contributed by atoms with Crippen LogP contribution in [0, 0.1) is 5.92 Å². The van der Waals surface area contributed by atoms with Crippen LogP contribution < -0.4 is 15.2 Å². The molecule has 1 saturated carbocycles. The van der Waals surface area contributed by atoms with E-state index in [9.17, 15) is 9.59 Å². The molecule has 1 aliphatic carbocycles. The average molecular weight is 428 g/mol. The van der Waals surface area contributed by atoms with Crippen molar-refractivity contribution < 1.29 is 19.1 Å². The first kappa shape index (κ1) is 20.6. The second kappa shape index (κ2) is 8.01. The lowest BCUT2D eigenvalue weighted by Crippen LogP contribution is -2.51. The van der Waals surface area contributed by atoms with E-state index in [0.717, 1.165) is 30.9 Å². The van der Waals surface area contributed by atoms with Crippen LogP contribution in [0.1, 0.15) is 62.6 Å². The van der Waals surface area contributed by atoms with Crippen molar-refractivity contribution in [2.45, 2.75) is 56.9 Å². The third-order valence-electron chi connectivity index (χ3n) is 7.94. The number of ether oxygens (including phenoxy) is 2. The number of hydrogen-bond acceptors (Lipinski definition) is 5. The summed E-state index contributed by atoms with van der Waals surface area (Å²) in [6, 6.07) is 4.52. The number of benzene rings is 1. The molecule has 2 amide bonds. The Balaban J connectivity index is 1.37. The first-order valence-electron chi connectivity index (χ1n) is 11.7. The number of primary amides is 1. The summed E-state index contributed by atoms with van der Waals surface area (Å²) in [5, 5.41) is 0. The molecule has 7 nitrogen and oxygen atoms in total. The van der Waals surface area contributed by atoms with E-state index in [1.807, 2.05) is 4.90 Å². The molecule has 2 N–H and O–H groups in total. The Morgan fingerprint density at radius 2 is 1.74 bits per heavy atom. The fraction of sp³-hybridized carbons (Fsp3) is 0.667. The summed E-state index contributed by atoms with van der Waals surface area (Å²) in [6.45, 7) is 5.94. The van der Waals surface area contributed by atoms with Crippen molar-refractivity contribution in [1.29, 1.82) is 0 Å². The van der Waals surface area contributed by atoms with Gasteiger partial charge in [0.15, 0.2) is 11.5 Å². The maximum atomic E-state index is 13.2. The minimum absolute atomic E-state index is 0.0942. The lowest BCUT2D eigenvalue weighted by Gasteiger charge is -2.46. The number of nitrogens with two attached hydrogens (primary N) is 1. The minimum atomic E-state index is -0.244. The summed E-state index contributed by atoms with van der Waals surface area (Å²) < 4.78 is 11.8. The van der Waals surface area contributed by atoms with Crippen LogP contribution in [0.5, 0.6) is 11.5 Å². The lowest BCUT2D eigenvalue weighted by atomic mass is 9.71. The quantitative estimate of drug-likeness (QED) is 0.801. The number of carbonyl (C=O) groups is 2. The van der Waals surface area contributed by atoms with Gasteiger partial charge in [-0.15, -0.1) is 0 Å². The number of carbonyl (C=O) groups excluding carboxylic acids is 2. The van der Waals surface area contributed by atoms with Gasteiger partial charge < -0.3 is 20.1 Å². The molecule has 0 bridgehead atoms. The third-order valence-corrected chi connectivity index (χ3v) is 7.94. The number of piperidine rings is 1. The zero-order valence-corrected chi connectivity index (χ0v) is 18.4. The van der Waals surface area contributed by atoms with Gasteiger partial charge in [-0.05, 0) is 55.9 Å². The van der Waals surface area contributed by atoms with Gasteiger partial charge in [-0.1, -0.05) is 12.8 Å². The van der Waals surface area contributed by atoms with Crippen molar-refractivity contribution in [2.24, 2.45) is 11.7 Å². The number of likely N-dealkylation sites (tertiary alicyclic amines) is 1. The van der Waals surface area contributed by atoms with Crippen LogP contribution in [-0.4, -0.2) is 61.0 Å². The normalized spacial score (nSPS) is 25.5. The summed E-state index contributed by atoms with van der Waals surface area (Å²) >= 11 is 0.